The predicted molar refractivity (Wildman–Crippen MR) is 113 cm³/mol. The topological polar surface area (TPSA) is 63.4 Å². The minimum Gasteiger partial charge on any atom is -0.339 e. The van der Waals surface area contributed by atoms with E-state index >= 15 is 0 Å². The molecule has 6 nitrogen and oxygen atoms in total. The zero-order valence-corrected chi connectivity index (χ0v) is 18.0. The van der Waals surface area contributed by atoms with Gasteiger partial charge in [0.15, 0.2) is 10.8 Å². The minimum absolute atomic E-state index is 0.199. The maximum absolute atomic E-state index is 12.7. The van der Waals surface area contributed by atoms with Gasteiger partial charge in [0.25, 0.3) is 0 Å². The van der Waals surface area contributed by atoms with Crippen LogP contribution in [0.4, 0.5) is 0 Å². The van der Waals surface area contributed by atoms with E-state index in [-0.39, 0.29) is 5.91 Å². The standard InChI is InChI=1S/C20H25N5OS2/c1-12-6-7-14-15(9-12)28-19-17(14)18-22-23-20(25(18)11-21-19)27-10-16(26)24-8-4-3-5-13(24)2/h11-13H,3-10H2,1-2H3/t12-,13+/m0/s1. The second kappa shape index (κ2) is 7.30. The Morgan fingerprint density at radius 3 is 3.04 bits per heavy atom. The van der Waals surface area contributed by atoms with Crippen LogP contribution in [0.3, 0.4) is 0 Å². The number of aryl methyl sites for hydroxylation is 1. The third kappa shape index (κ3) is 3.10. The summed E-state index contributed by atoms with van der Waals surface area (Å²) in [5.74, 6) is 1.34. The van der Waals surface area contributed by atoms with Crippen molar-refractivity contribution >= 4 is 44.9 Å². The number of hydrogen-bond donors (Lipinski definition) is 0. The summed E-state index contributed by atoms with van der Waals surface area (Å²) in [5.41, 5.74) is 2.30. The highest BCUT2D eigenvalue weighted by Crippen LogP contribution is 2.39. The van der Waals surface area contributed by atoms with Crippen LogP contribution in [0.25, 0.3) is 15.9 Å². The molecule has 0 unspecified atom stereocenters. The van der Waals surface area contributed by atoms with Gasteiger partial charge in [0.05, 0.1) is 11.1 Å². The average molecular weight is 416 g/mol. The summed E-state index contributed by atoms with van der Waals surface area (Å²) in [4.78, 5) is 21.9. The molecule has 0 bridgehead atoms. The van der Waals surface area contributed by atoms with Crippen molar-refractivity contribution in [1.29, 1.82) is 0 Å². The average Bonchev–Trinajstić information content (AvgIpc) is 3.26. The van der Waals surface area contributed by atoms with Gasteiger partial charge in [-0.05, 0) is 56.9 Å². The fraction of sp³-hybridized carbons (Fsp3) is 0.600. The molecule has 3 aromatic heterocycles. The molecule has 2 aliphatic rings. The van der Waals surface area contributed by atoms with Gasteiger partial charge < -0.3 is 4.90 Å². The van der Waals surface area contributed by atoms with E-state index < -0.39 is 0 Å². The Kier molecular flexibility index (Phi) is 4.79. The molecule has 5 rings (SSSR count). The van der Waals surface area contributed by atoms with Gasteiger partial charge in [-0.25, -0.2) is 4.98 Å². The van der Waals surface area contributed by atoms with Crippen LogP contribution < -0.4 is 0 Å². The van der Waals surface area contributed by atoms with Gasteiger partial charge in [-0.15, -0.1) is 21.5 Å². The van der Waals surface area contributed by atoms with E-state index in [1.165, 1.54) is 40.4 Å². The number of amides is 1. The fourth-order valence-electron chi connectivity index (χ4n) is 4.50. The Labute approximate surface area is 172 Å². The van der Waals surface area contributed by atoms with E-state index in [2.05, 4.69) is 24.0 Å². The lowest BCUT2D eigenvalue weighted by atomic mass is 9.89. The van der Waals surface area contributed by atoms with Crippen molar-refractivity contribution in [1.82, 2.24) is 24.5 Å². The van der Waals surface area contributed by atoms with Gasteiger partial charge in [-0.3, -0.25) is 9.20 Å². The highest BCUT2D eigenvalue weighted by molar-refractivity contribution is 7.99. The zero-order chi connectivity index (χ0) is 19.3. The van der Waals surface area contributed by atoms with E-state index in [1.54, 1.807) is 11.3 Å². The lowest BCUT2D eigenvalue weighted by Gasteiger charge is -2.33. The molecule has 148 valence electrons. The van der Waals surface area contributed by atoms with Crippen molar-refractivity contribution in [2.24, 2.45) is 5.92 Å². The number of carbonyl (C=O) groups excluding carboxylic acids is 1. The van der Waals surface area contributed by atoms with Crippen LogP contribution in [0, 0.1) is 5.92 Å². The lowest BCUT2D eigenvalue weighted by Crippen LogP contribution is -2.42. The molecule has 2 atom stereocenters. The Hall–Kier alpha value is -1.67. The number of carbonyl (C=O) groups is 1. The number of aromatic nitrogens is 4. The molecule has 4 heterocycles. The summed E-state index contributed by atoms with van der Waals surface area (Å²) in [6, 6.07) is 0.345. The van der Waals surface area contributed by atoms with E-state index in [4.69, 9.17) is 4.98 Å². The highest BCUT2D eigenvalue weighted by atomic mass is 32.2. The summed E-state index contributed by atoms with van der Waals surface area (Å²) in [5, 5.41) is 10.8. The Bertz CT molecular complexity index is 1040. The first-order chi connectivity index (χ1) is 13.6. The molecule has 1 aliphatic carbocycles. The van der Waals surface area contributed by atoms with Crippen LogP contribution >= 0.6 is 23.1 Å². The number of hydrogen-bond acceptors (Lipinski definition) is 6. The fourth-order valence-corrected chi connectivity index (χ4v) is 6.63. The number of fused-ring (bicyclic) bond motifs is 5. The molecule has 1 fully saturated rings. The monoisotopic (exact) mass is 415 g/mol. The van der Waals surface area contributed by atoms with Crippen LogP contribution in [0.5, 0.6) is 0 Å². The highest BCUT2D eigenvalue weighted by Gasteiger charge is 2.25. The van der Waals surface area contributed by atoms with Crippen molar-refractivity contribution in [2.45, 2.75) is 63.6 Å². The molecule has 8 heteroatoms. The van der Waals surface area contributed by atoms with Crippen molar-refractivity contribution < 1.29 is 4.79 Å². The van der Waals surface area contributed by atoms with Crippen LogP contribution in [-0.4, -0.2) is 48.7 Å². The van der Waals surface area contributed by atoms with Crippen molar-refractivity contribution in [3.05, 3.63) is 16.8 Å². The molecule has 0 aromatic carbocycles. The minimum atomic E-state index is 0.199. The van der Waals surface area contributed by atoms with Gasteiger partial charge in [0.1, 0.15) is 11.2 Å². The van der Waals surface area contributed by atoms with Gasteiger partial charge in [0, 0.05) is 17.5 Å². The van der Waals surface area contributed by atoms with Crippen molar-refractivity contribution in [2.75, 3.05) is 12.3 Å². The number of likely N-dealkylation sites (tertiary alicyclic amines) is 1. The van der Waals surface area contributed by atoms with E-state index in [0.717, 1.165) is 53.8 Å². The van der Waals surface area contributed by atoms with E-state index in [0.29, 0.717) is 11.8 Å². The molecule has 0 radical (unpaired) electrons. The second-order valence-corrected chi connectivity index (χ2v) is 10.2. The Balaban J connectivity index is 1.42. The lowest BCUT2D eigenvalue weighted by molar-refractivity contribution is -0.131. The molecule has 0 spiro atoms. The molecule has 1 aliphatic heterocycles. The van der Waals surface area contributed by atoms with Gasteiger partial charge in [-0.1, -0.05) is 18.7 Å². The second-order valence-electron chi connectivity index (χ2n) is 8.17. The molecule has 0 saturated carbocycles. The van der Waals surface area contributed by atoms with Gasteiger partial charge in [-0.2, -0.15) is 0 Å². The number of thiophene rings is 1. The smallest absolute Gasteiger partial charge is 0.233 e. The number of nitrogens with zero attached hydrogens (tertiary/aromatic N) is 5. The maximum atomic E-state index is 12.7. The van der Waals surface area contributed by atoms with Crippen LogP contribution in [0.2, 0.25) is 0 Å². The van der Waals surface area contributed by atoms with Crippen molar-refractivity contribution in [3.63, 3.8) is 0 Å². The number of piperidine rings is 1. The van der Waals surface area contributed by atoms with Crippen LogP contribution in [0.1, 0.15) is 50.0 Å². The summed E-state index contributed by atoms with van der Waals surface area (Å²) < 4.78 is 1.96. The molecule has 3 aromatic rings. The first-order valence-electron chi connectivity index (χ1n) is 10.2. The quantitative estimate of drug-likeness (QED) is 0.606. The first kappa shape index (κ1) is 18.4. The number of rotatable bonds is 3. The Morgan fingerprint density at radius 1 is 1.29 bits per heavy atom. The third-order valence-electron chi connectivity index (χ3n) is 6.12. The first-order valence-corrected chi connectivity index (χ1v) is 12.0. The number of thioether (sulfide) groups is 1. The summed E-state index contributed by atoms with van der Waals surface area (Å²) >= 11 is 3.28. The van der Waals surface area contributed by atoms with E-state index in [9.17, 15) is 4.79 Å². The molecule has 1 saturated heterocycles. The zero-order valence-electron chi connectivity index (χ0n) is 16.3. The van der Waals surface area contributed by atoms with Crippen LogP contribution in [-0.2, 0) is 17.6 Å². The van der Waals surface area contributed by atoms with Gasteiger partial charge in [0.2, 0.25) is 5.91 Å². The molecule has 28 heavy (non-hydrogen) atoms. The third-order valence-corrected chi connectivity index (χ3v) is 8.21. The van der Waals surface area contributed by atoms with Gasteiger partial charge >= 0.3 is 0 Å². The molecular weight excluding hydrogens is 390 g/mol. The predicted octanol–water partition coefficient (Wildman–Crippen LogP) is 3.96. The van der Waals surface area contributed by atoms with Crippen molar-refractivity contribution in [3.8, 4) is 0 Å². The SMILES string of the molecule is C[C@H]1CCc2c(sc3ncn4c(SCC(=O)N5CCCC[C@H]5C)nnc4c23)C1. The molecule has 1 amide bonds. The molecule has 0 N–H and O–H groups in total. The summed E-state index contributed by atoms with van der Waals surface area (Å²) in [7, 11) is 0. The Morgan fingerprint density at radius 2 is 2.18 bits per heavy atom. The maximum Gasteiger partial charge on any atom is 0.233 e. The summed E-state index contributed by atoms with van der Waals surface area (Å²) in [6.45, 7) is 5.35. The van der Waals surface area contributed by atoms with E-state index in [1.807, 2.05) is 15.6 Å². The largest absolute Gasteiger partial charge is 0.339 e. The molecular formula is C20H25N5OS2. The normalized spacial score (nSPS) is 22.7. The van der Waals surface area contributed by atoms with Crippen LogP contribution in [0.15, 0.2) is 11.5 Å². The summed E-state index contributed by atoms with van der Waals surface area (Å²) in [6.07, 6.45) is 8.71.